The molecule has 8 nitrogen and oxygen atoms in total. The predicted molar refractivity (Wildman–Crippen MR) is 91.5 cm³/mol. The van der Waals surface area contributed by atoms with Crippen LogP contribution in [0.15, 0.2) is 16.7 Å². The lowest BCUT2D eigenvalue weighted by Gasteiger charge is -2.44. The van der Waals surface area contributed by atoms with Gasteiger partial charge in [-0.05, 0) is 32.9 Å². The molecule has 2 aliphatic rings. The smallest absolute Gasteiger partial charge is 0.255 e. The first-order valence-electron chi connectivity index (χ1n) is 8.75. The number of likely N-dealkylation sites (tertiary alicyclic amines) is 2. The lowest BCUT2D eigenvalue weighted by molar-refractivity contribution is -0.132. The molecule has 2 aromatic rings. The van der Waals surface area contributed by atoms with E-state index in [1.807, 2.05) is 30.9 Å². The molecule has 136 valence electrons. The van der Waals surface area contributed by atoms with Crippen molar-refractivity contribution in [2.24, 2.45) is 0 Å². The van der Waals surface area contributed by atoms with Gasteiger partial charge in [0.25, 0.3) is 5.91 Å². The molecule has 4 heterocycles. The Labute approximate surface area is 151 Å². The summed E-state index contributed by atoms with van der Waals surface area (Å²) in [4.78, 5) is 37.2. The summed E-state index contributed by atoms with van der Waals surface area (Å²) in [5, 5.41) is 3.80. The van der Waals surface area contributed by atoms with Crippen LogP contribution in [0.1, 0.15) is 45.8 Å². The molecule has 2 aromatic heterocycles. The molecule has 2 saturated heterocycles. The maximum atomic E-state index is 12.6. The molecule has 1 atom stereocenters. The molecule has 0 bridgehead atoms. The molecule has 0 spiro atoms. The zero-order chi connectivity index (χ0) is 18.4. The molecule has 2 aliphatic heterocycles. The molecule has 0 N–H and O–H groups in total. The summed E-state index contributed by atoms with van der Waals surface area (Å²) in [6.07, 6.45) is 0.382. The molecular weight excluding hydrogens is 334 g/mol. The summed E-state index contributed by atoms with van der Waals surface area (Å²) in [6, 6.07) is 3.72. The number of aryl methyl sites for hydroxylation is 3. The number of amides is 2. The van der Waals surface area contributed by atoms with Crippen molar-refractivity contribution < 1.29 is 14.1 Å². The number of aromatic nitrogens is 3. The third kappa shape index (κ3) is 2.85. The van der Waals surface area contributed by atoms with E-state index in [4.69, 9.17) is 4.52 Å². The van der Waals surface area contributed by atoms with Gasteiger partial charge in [-0.15, -0.1) is 0 Å². The normalized spacial score (nSPS) is 20.6. The van der Waals surface area contributed by atoms with Crippen molar-refractivity contribution in [1.82, 2.24) is 24.9 Å². The van der Waals surface area contributed by atoms with Gasteiger partial charge in [0.2, 0.25) is 11.8 Å². The number of hydrogen-bond donors (Lipinski definition) is 0. The van der Waals surface area contributed by atoms with Crippen molar-refractivity contribution >= 4 is 11.8 Å². The minimum atomic E-state index is -0.0583. The Morgan fingerprint density at radius 1 is 1.15 bits per heavy atom. The van der Waals surface area contributed by atoms with Crippen LogP contribution in [0.25, 0.3) is 0 Å². The number of carbonyl (C=O) groups excluding carboxylic acids is 2. The van der Waals surface area contributed by atoms with E-state index in [0.29, 0.717) is 43.3 Å². The van der Waals surface area contributed by atoms with E-state index in [1.54, 1.807) is 11.8 Å². The SMILES string of the molecule is Cc1ccc(C(=O)N2CC(N3CC(c4nc(C)no4)CC3=O)C2)c(C)n1. The van der Waals surface area contributed by atoms with Crippen molar-refractivity contribution in [1.29, 1.82) is 0 Å². The number of hydrogen-bond acceptors (Lipinski definition) is 6. The molecule has 0 saturated carbocycles. The summed E-state index contributed by atoms with van der Waals surface area (Å²) in [7, 11) is 0. The van der Waals surface area contributed by atoms with Gasteiger partial charge in [-0.2, -0.15) is 4.98 Å². The highest BCUT2D eigenvalue weighted by atomic mass is 16.5. The van der Waals surface area contributed by atoms with Crippen LogP contribution in [0.3, 0.4) is 0 Å². The van der Waals surface area contributed by atoms with Gasteiger partial charge < -0.3 is 14.3 Å². The van der Waals surface area contributed by atoms with Crippen LogP contribution in [-0.2, 0) is 4.79 Å². The van der Waals surface area contributed by atoms with E-state index >= 15 is 0 Å². The largest absolute Gasteiger partial charge is 0.339 e. The van der Waals surface area contributed by atoms with Gasteiger partial charge in [-0.25, -0.2) is 0 Å². The molecular formula is C18H21N5O3. The summed E-state index contributed by atoms with van der Waals surface area (Å²) in [6.45, 7) is 7.18. The fraction of sp³-hybridized carbons (Fsp3) is 0.500. The van der Waals surface area contributed by atoms with Crippen LogP contribution in [0.5, 0.6) is 0 Å². The number of pyridine rings is 1. The van der Waals surface area contributed by atoms with Crippen molar-refractivity contribution in [2.45, 2.75) is 39.2 Å². The summed E-state index contributed by atoms with van der Waals surface area (Å²) >= 11 is 0. The minimum Gasteiger partial charge on any atom is -0.339 e. The average Bonchev–Trinajstić information content (AvgIpc) is 3.12. The maximum Gasteiger partial charge on any atom is 0.255 e. The molecule has 0 radical (unpaired) electrons. The van der Waals surface area contributed by atoms with Crippen molar-refractivity contribution in [2.75, 3.05) is 19.6 Å². The zero-order valence-electron chi connectivity index (χ0n) is 15.1. The third-order valence-corrected chi connectivity index (χ3v) is 5.10. The van der Waals surface area contributed by atoms with E-state index in [0.717, 1.165) is 11.4 Å². The van der Waals surface area contributed by atoms with Gasteiger partial charge in [0.1, 0.15) is 0 Å². The first kappa shape index (κ1) is 16.7. The Morgan fingerprint density at radius 2 is 1.92 bits per heavy atom. The lowest BCUT2D eigenvalue weighted by atomic mass is 10.0. The summed E-state index contributed by atoms with van der Waals surface area (Å²) < 4.78 is 5.20. The van der Waals surface area contributed by atoms with Gasteiger partial charge >= 0.3 is 0 Å². The molecule has 0 aliphatic carbocycles. The van der Waals surface area contributed by atoms with Crippen LogP contribution in [0.2, 0.25) is 0 Å². The second kappa shape index (κ2) is 6.19. The third-order valence-electron chi connectivity index (χ3n) is 5.10. The Morgan fingerprint density at radius 3 is 2.58 bits per heavy atom. The standard InChI is InChI=1S/C18H21N5O3/c1-10-4-5-15(11(2)19-10)18(25)22-8-14(9-22)23-7-13(6-16(23)24)17-20-12(3)21-26-17/h4-5,13-14H,6-9H2,1-3H3. The summed E-state index contributed by atoms with van der Waals surface area (Å²) in [5.74, 6) is 1.09. The lowest BCUT2D eigenvalue weighted by Crippen LogP contribution is -2.61. The van der Waals surface area contributed by atoms with Crippen LogP contribution in [-0.4, -0.2) is 62.4 Å². The molecule has 0 aromatic carbocycles. The fourth-order valence-corrected chi connectivity index (χ4v) is 3.63. The van der Waals surface area contributed by atoms with Crippen molar-refractivity contribution in [3.05, 3.63) is 40.8 Å². The summed E-state index contributed by atoms with van der Waals surface area (Å²) in [5.41, 5.74) is 2.26. The molecule has 2 amide bonds. The van der Waals surface area contributed by atoms with Crippen LogP contribution >= 0.6 is 0 Å². The van der Waals surface area contributed by atoms with Gasteiger partial charge in [0.15, 0.2) is 5.82 Å². The Kier molecular flexibility index (Phi) is 3.97. The van der Waals surface area contributed by atoms with Crippen LogP contribution in [0, 0.1) is 20.8 Å². The van der Waals surface area contributed by atoms with E-state index in [-0.39, 0.29) is 23.8 Å². The topological polar surface area (TPSA) is 92.4 Å². The monoisotopic (exact) mass is 355 g/mol. The van der Waals surface area contributed by atoms with E-state index < -0.39 is 0 Å². The van der Waals surface area contributed by atoms with E-state index in [1.165, 1.54) is 0 Å². The van der Waals surface area contributed by atoms with Crippen molar-refractivity contribution in [3.8, 4) is 0 Å². The molecule has 8 heteroatoms. The molecule has 4 rings (SSSR count). The average molecular weight is 355 g/mol. The van der Waals surface area contributed by atoms with Gasteiger partial charge in [0, 0.05) is 31.7 Å². The number of nitrogens with zero attached hydrogens (tertiary/aromatic N) is 5. The van der Waals surface area contributed by atoms with E-state index in [9.17, 15) is 9.59 Å². The van der Waals surface area contributed by atoms with Crippen LogP contribution in [0.4, 0.5) is 0 Å². The highest BCUT2D eigenvalue weighted by Gasteiger charge is 2.43. The van der Waals surface area contributed by atoms with Crippen molar-refractivity contribution in [3.63, 3.8) is 0 Å². The first-order chi connectivity index (χ1) is 12.4. The predicted octanol–water partition coefficient (Wildman–Crippen LogP) is 1.23. The maximum absolute atomic E-state index is 12.6. The highest BCUT2D eigenvalue weighted by Crippen LogP contribution is 2.31. The van der Waals surface area contributed by atoms with Gasteiger partial charge in [0.05, 0.1) is 23.2 Å². The second-order valence-corrected chi connectivity index (χ2v) is 7.08. The number of rotatable bonds is 3. The van der Waals surface area contributed by atoms with Gasteiger partial charge in [-0.1, -0.05) is 5.16 Å². The quantitative estimate of drug-likeness (QED) is 0.822. The molecule has 1 unspecified atom stereocenters. The van der Waals surface area contributed by atoms with Gasteiger partial charge in [-0.3, -0.25) is 14.6 Å². The second-order valence-electron chi connectivity index (χ2n) is 7.08. The minimum absolute atomic E-state index is 0.0260. The van der Waals surface area contributed by atoms with Crippen LogP contribution < -0.4 is 0 Å². The molecule has 26 heavy (non-hydrogen) atoms. The Balaban J connectivity index is 1.38. The Hall–Kier alpha value is -2.77. The van der Waals surface area contributed by atoms with E-state index in [2.05, 4.69) is 15.1 Å². The zero-order valence-corrected chi connectivity index (χ0v) is 15.1. The highest BCUT2D eigenvalue weighted by molar-refractivity contribution is 5.96. The fourth-order valence-electron chi connectivity index (χ4n) is 3.63. The molecule has 2 fully saturated rings. The number of carbonyl (C=O) groups is 2. The Bertz CT molecular complexity index is 871. The first-order valence-corrected chi connectivity index (χ1v) is 8.75.